The summed E-state index contributed by atoms with van der Waals surface area (Å²) in [5.41, 5.74) is 2.60. The van der Waals surface area contributed by atoms with E-state index in [2.05, 4.69) is 37.4 Å². The van der Waals surface area contributed by atoms with Crippen LogP contribution in [0.15, 0.2) is 18.2 Å². The summed E-state index contributed by atoms with van der Waals surface area (Å²) < 4.78 is 1.35. The van der Waals surface area contributed by atoms with Gasteiger partial charge >= 0.3 is 0 Å². The van der Waals surface area contributed by atoms with Crippen LogP contribution in [0.3, 0.4) is 0 Å². The van der Waals surface area contributed by atoms with Crippen LogP contribution >= 0.6 is 11.3 Å². The highest BCUT2D eigenvalue weighted by Gasteiger charge is 1.98. The molecule has 0 bridgehead atoms. The summed E-state index contributed by atoms with van der Waals surface area (Å²) in [5.74, 6) is 0. The molecule has 0 aliphatic heterocycles. The van der Waals surface area contributed by atoms with Crippen LogP contribution in [0.4, 0.5) is 0 Å². The number of fused-ring (bicyclic) bond motifs is 1. The lowest BCUT2D eigenvalue weighted by Crippen LogP contribution is -1.70. The molecule has 1 aromatic carbocycles. The Morgan fingerprint density at radius 1 is 1.27 bits per heavy atom. The molecule has 1 heteroatoms. The minimum Gasteiger partial charge on any atom is -0.134 e. The lowest BCUT2D eigenvalue weighted by Gasteiger charge is -1.92. The summed E-state index contributed by atoms with van der Waals surface area (Å²) in [6, 6.07) is 6.53. The van der Waals surface area contributed by atoms with E-state index in [0.29, 0.717) is 0 Å². The molecule has 1 aromatic heterocycles. The Bertz CT molecular complexity index is 385. The third-order valence-electron chi connectivity index (χ3n) is 1.86. The molecule has 0 saturated carbocycles. The van der Waals surface area contributed by atoms with Gasteiger partial charge < -0.3 is 0 Å². The Morgan fingerprint density at radius 3 is 2.91 bits per heavy atom. The van der Waals surface area contributed by atoms with Gasteiger partial charge in [-0.25, -0.2) is 0 Å². The highest BCUT2D eigenvalue weighted by atomic mass is 32.1. The summed E-state index contributed by atoms with van der Waals surface area (Å²) in [7, 11) is 0. The van der Waals surface area contributed by atoms with Gasteiger partial charge in [-0.3, -0.25) is 0 Å². The first-order valence-corrected chi connectivity index (χ1v) is 4.46. The van der Waals surface area contributed by atoms with Crippen molar-refractivity contribution in [3.8, 4) is 0 Å². The van der Waals surface area contributed by atoms with Gasteiger partial charge in [0.2, 0.25) is 0 Å². The molecule has 0 fully saturated rings. The second-order valence-electron chi connectivity index (χ2n) is 2.83. The first-order valence-electron chi connectivity index (χ1n) is 3.65. The Labute approximate surface area is 70.5 Å². The maximum atomic E-state index is 3.25. The van der Waals surface area contributed by atoms with Gasteiger partial charge in [-0.1, -0.05) is 12.1 Å². The second-order valence-corrected chi connectivity index (χ2v) is 3.68. The van der Waals surface area contributed by atoms with Crippen LogP contribution in [0.25, 0.3) is 10.1 Å². The van der Waals surface area contributed by atoms with Gasteiger partial charge in [0.05, 0.1) is 0 Å². The van der Waals surface area contributed by atoms with E-state index in [9.17, 15) is 0 Å². The molecule has 0 N–H and O–H groups in total. The van der Waals surface area contributed by atoms with E-state index in [1.165, 1.54) is 21.2 Å². The second kappa shape index (κ2) is 2.35. The molecule has 0 unspecified atom stereocenters. The van der Waals surface area contributed by atoms with Crippen molar-refractivity contribution in [2.24, 2.45) is 0 Å². The van der Waals surface area contributed by atoms with Crippen LogP contribution in [0.2, 0.25) is 0 Å². The molecule has 55 valence electrons. The van der Waals surface area contributed by atoms with E-state index in [0.717, 1.165) is 0 Å². The van der Waals surface area contributed by atoms with E-state index < -0.39 is 0 Å². The van der Waals surface area contributed by atoms with Crippen molar-refractivity contribution >= 4 is 21.4 Å². The van der Waals surface area contributed by atoms with Crippen molar-refractivity contribution in [3.63, 3.8) is 0 Å². The average Bonchev–Trinajstić information content (AvgIpc) is 2.32. The molecule has 0 atom stereocenters. The largest absolute Gasteiger partial charge is 0.134 e. The molecule has 0 saturated heterocycles. The number of aryl methyl sites for hydroxylation is 2. The van der Waals surface area contributed by atoms with Crippen molar-refractivity contribution in [3.05, 3.63) is 34.7 Å². The SMILES string of the molecule is Cc1ccc2c(C)[c]sc2c1. The van der Waals surface area contributed by atoms with E-state index in [-0.39, 0.29) is 0 Å². The van der Waals surface area contributed by atoms with Gasteiger partial charge in [-0.05, 0) is 36.4 Å². The van der Waals surface area contributed by atoms with E-state index >= 15 is 0 Å². The molecular formula is C10H9S. The summed E-state index contributed by atoms with van der Waals surface area (Å²) >= 11 is 1.70. The zero-order valence-electron chi connectivity index (χ0n) is 6.64. The van der Waals surface area contributed by atoms with Gasteiger partial charge in [0.1, 0.15) is 0 Å². The lowest BCUT2D eigenvalue weighted by molar-refractivity contribution is 1.50. The number of hydrogen-bond donors (Lipinski definition) is 0. The third kappa shape index (κ3) is 1.05. The zero-order chi connectivity index (χ0) is 7.84. The summed E-state index contributed by atoms with van der Waals surface area (Å²) in [6.45, 7) is 4.22. The molecule has 1 heterocycles. The summed E-state index contributed by atoms with van der Waals surface area (Å²) in [6.07, 6.45) is 0. The van der Waals surface area contributed by atoms with Crippen LogP contribution in [0.5, 0.6) is 0 Å². The smallest absolute Gasteiger partial charge is 0.0487 e. The monoisotopic (exact) mass is 161 g/mol. The fourth-order valence-electron chi connectivity index (χ4n) is 1.21. The number of thiophene rings is 1. The zero-order valence-corrected chi connectivity index (χ0v) is 7.46. The highest BCUT2D eigenvalue weighted by molar-refractivity contribution is 7.16. The van der Waals surface area contributed by atoms with E-state index in [1.54, 1.807) is 11.3 Å². The molecule has 2 rings (SSSR count). The molecule has 11 heavy (non-hydrogen) atoms. The Kier molecular flexibility index (Phi) is 1.46. The summed E-state index contributed by atoms with van der Waals surface area (Å²) in [5, 5.41) is 4.59. The Hall–Kier alpha value is -0.820. The van der Waals surface area contributed by atoms with Gasteiger partial charge in [0.15, 0.2) is 0 Å². The Morgan fingerprint density at radius 2 is 2.09 bits per heavy atom. The molecule has 0 spiro atoms. The lowest BCUT2D eigenvalue weighted by atomic mass is 10.1. The van der Waals surface area contributed by atoms with Crippen LogP contribution in [-0.4, -0.2) is 0 Å². The van der Waals surface area contributed by atoms with Crippen LogP contribution < -0.4 is 0 Å². The highest BCUT2D eigenvalue weighted by Crippen LogP contribution is 2.25. The fourth-order valence-corrected chi connectivity index (χ4v) is 2.16. The standard InChI is InChI=1S/C10H9S/c1-7-3-4-9-8(2)6-11-10(9)5-7/h3-5H,1-2H3. The van der Waals surface area contributed by atoms with Gasteiger partial charge in [0.25, 0.3) is 0 Å². The molecular weight excluding hydrogens is 152 g/mol. The predicted octanol–water partition coefficient (Wildman–Crippen LogP) is 3.32. The van der Waals surface area contributed by atoms with Gasteiger partial charge in [-0.15, -0.1) is 11.3 Å². The fraction of sp³-hybridized carbons (Fsp3) is 0.200. The first kappa shape index (κ1) is 6.86. The van der Waals surface area contributed by atoms with Crippen molar-refractivity contribution in [1.82, 2.24) is 0 Å². The molecule has 2 aromatic rings. The first-order chi connectivity index (χ1) is 5.27. The molecule has 0 nitrogen and oxygen atoms in total. The number of benzene rings is 1. The van der Waals surface area contributed by atoms with Crippen molar-refractivity contribution in [2.75, 3.05) is 0 Å². The van der Waals surface area contributed by atoms with E-state index in [1.807, 2.05) is 0 Å². The minimum atomic E-state index is 1.27. The van der Waals surface area contributed by atoms with Crippen LogP contribution in [-0.2, 0) is 0 Å². The third-order valence-corrected chi connectivity index (χ3v) is 2.82. The maximum Gasteiger partial charge on any atom is 0.0487 e. The predicted molar refractivity (Wildman–Crippen MR) is 50.1 cm³/mol. The van der Waals surface area contributed by atoms with Crippen molar-refractivity contribution < 1.29 is 0 Å². The minimum absolute atomic E-state index is 1.27. The number of rotatable bonds is 0. The normalized spacial score (nSPS) is 10.7. The van der Waals surface area contributed by atoms with Crippen molar-refractivity contribution in [2.45, 2.75) is 13.8 Å². The molecule has 0 aliphatic carbocycles. The quantitative estimate of drug-likeness (QED) is 0.556. The number of hydrogen-bond acceptors (Lipinski definition) is 1. The van der Waals surface area contributed by atoms with Crippen LogP contribution in [0.1, 0.15) is 11.1 Å². The average molecular weight is 161 g/mol. The van der Waals surface area contributed by atoms with Gasteiger partial charge in [0, 0.05) is 10.1 Å². The van der Waals surface area contributed by atoms with Crippen molar-refractivity contribution in [1.29, 1.82) is 0 Å². The molecule has 0 aliphatic rings. The Balaban J connectivity index is 2.86. The summed E-state index contributed by atoms with van der Waals surface area (Å²) in [4.78, 5) is 0. The van der Waals surface area contributed by atoms with Gasteiger partial charge in [-0.2, -0.15) is 0 Å². The van der Waals surface area contributed by atoms with E-state index in [4.69, 9.17) is 0 Å². The van der Waals surface area contributed by atoms with Crippen LogP contribution in [0, 0.1) is 19.2 Å². The topological polar surface area (TPSA) is 0 Å². The molecule has 0 amide bonds. The molecule has 1 radical (unpaired) electrons. The maximum absolute atomic E-state index is 3.25.